The molecule has 0 radical (unpaired) electrons. The van der Waals surface area contributed by atoms with Crippen molar-refractivity contribution in [3.8, 4) is 0 Å². The number of hydrogen-bond donors (Lipinski definition) is 1. The van der Waals surface area contributed by atoms with Crippen molar-refractivity contribution >= 4 is 6.09 Å². The number of amides is 1. The molecule has 0 saturated carbocycles. The smallest absolute Gasteiger partial charge is 0.410 e. The van der Waals surface area contributed by atoms with Gasteiger partial charge in [-0.15, -0.1) is 0 Å². The van der Waals surface area contributed by atoms with E-state index in [2.05, 4.69) is 107 Å². The monoisotopic (exact) mass is 522 g/mol. The molecule has 3 aromatic carbocycles. The Bertz CT molecular complexity index is 1250. The first kappa shape index (κ1) is 26.7. The number of carbonyl (C=O) groups excluding carboxylic acids is 1. The van der Waals surface area contributed by atoms with Crippen molar-refractivity contribution in [3.63, 3.8) is 0 Å². The number of likely N-dealkylation sites (tertiary alicyclic amines) is 1. The standard InChI is InChI=1S/C33H38N4O2/c1-32(2,3)39-31(38)36-22-20-30(23-36)34-21-19-29-24-37(25-35-29)33(26-13-7-4-8-14-26,27-15-9-5-10-16-27)28-17-11-6-12-18-28/h4-18,24-25,30,34H,19-23H2,1-3H3/t30-/m0/s1. The number of rotatable bonds is 8. The van der Waals surface area contributed by atoms with Gasteiger partial charge < -0.3 is 19.5 Å². The lowest BCUT2D eigenvalue weighted by Gasteiger charge is -2.37. The molecule has 1 aromatic heterocycles. The van der Waals surface area contributed by atoms with E-state index in [0.29, 0.717) is 6.54 Å². The van der Waals surface area contributed by atoms with Gasteiger partial charge in [-0.05, 0) is 43.9 Å². The Morgan fingerprint density at radius 1 is 0.897 bits per heavy atom. The highest BCUT2D eigenvalue weighted by molar-refractivity contribution is 5.68. The minimum absolute atomic E-state index is 0.232. The SMILES string of the molecule is CC(C)(C)OC(=O)N1CC[C@H](NCCc2cn(C(c3ccccc3)(c3ccccc3)c3ccccc3)cn2)C1. The third kappa shape index (κ3) is 5.91. The van der Waals surface area contributed by atoms with Gasteiger partial charge in [-0.2, -0.15) is 0 Å². The van der Waals surface area contributed by atoms with Gasteiger partial charge in [0.25, 0.3) is 0 Å². The van der Waals surface area contributed by atoms with E-state index in [1.165, 1.54) is 16.7 Å². The van der Waals surface area contributed by atoms with Crippen LogP contribution >= 0.6 is 0 Å². The first-order chi connectivity index (χ1) is 18.9. The van der Waals surface area contributed by atoms with Crippen molar-refractivity contribution in [2.24, 2.45) is 0 Å². The van der Waals surface area contributed by atoms with Crippen molar-refractivity contribution in [1.29, 1.82) is 0 Å². The van der Waals surface area contributed by atoms with Crippen LogP contribution in [-0.4, -0.2) is 51.8 Å². The Morgan fingerprint density at radius 2 is 1.44 bits per heavy atom. The summed E-state index contributed by atoms with van der Waals surface area (Å²) in [7, 11) is 0. The molecule has 202 valence electrons. The van der Waals surface area contributed by atoms with Crippen LogP contribution in [0.5, 0.6) is 0 Å². The number of nitrogens with one attached hydrogen (secondary N) is 1. The normalized spacial score (nSPS) is 15.9. The Hall–Kier alpha value is -3.90. The largest absolute Gasteiger partial charge is 0.444 e. The van der Waals surface area contributed by atoms with E-state index in [9.17, 15) is 4.79 Å². The summed E-state index contributed by atoms with van der Waals surface area (Å²) < 4.78 is 7.79. The van der Waals surface area contributed by atoms with Crippen LogP contribution in [0.3, 0.4) is 0 Å². The molecule has 39 heavy (non-hydrogen) atoms. The summed E-state index contributed by atoms with van der Waals surface area (Å²) in [6.07, 6.45) is 5.62. The Morgan fingerprint density at radius 3 is 1.95 bits per heavy atom. The van der Waals surface area contributed by atoms with E-state index in [1.54, 1.807) is 4.90 Å². The van der Waals surface area contributed by atoms with E-state index in [4.69, 9.17) is 9.72 Å². The predicted octanol–water partition coefficient (Wildman–Crippen LogP) is 5.86. The van der Waals surface area contributed by atoms with Crippen LogP contribution in [0.2, 0.25) is 0 Å². The first-order valence-corrected chi connectivity index (χ1v) is 13.8. The molecule has 1 amide bonds. The van der Waals surface area contributed by atoms with Gasteiger partial charge in [-0.3, -0.25) is 0 Å². The number of carbonyl (C=O) groups is 1. The molecule has 1 atom stereocenters. The zero-order valence-electron chi connectivity index (χ0n) is 23.1. The average Bonchev–Trinajstić information content (AvgIpc) is 3.61. The second kappa shape index (κ2) is 11.5. The molecule has 1 N–H and O–H groups in total. The topological polar surface area (TPSA) is 59.4 Å². The lowest BCUT2D eigenvalue weighted by atomic mass is 9.77. The molecule has 4 aromatic rings. The summed E-state index contributed by atoms with van der Waals surface area (Å²) in [6.45, 7) is 7.88. The van der Waals surface area contributed by atoms with Crippen LogP contribution in [0, 0.1) is 0 Å². The molecular weight excluding hydrogens is 484 g/mol. The third-order valence-corrected chi connectivity index (χ3v) is 7.25. The molecule has 5 rings (SSSR count). The molecule has 1 saturated heterocycles. The number of imidazole rings is 1. The van der Waals surface area contributed by atoms with Crippen molar-refractivity contribution in [1.82, 2.24) is 19.8 Å². The van der Waals surface area contributed by atoms with Gasteiger partial charge in [-0.1, -0.05) is 91.0 Å². The van der Waals surface area contributed by atoms with E-state index in [0.717, 1.165) is 31.6 Å². The van der Waals surface area contributed by atoms with Gasteiger partial charge in [0.15, 0.2) is 0 Å². The Kier molecular flexibility index (Phi) is 7.84. The fourth-order valence-corrected chi connectivity index (χ4v) is 5.48. The summed E-state index contributed by atoms with van der Waals surface area (Å²) in [4.78, 5) is 19.1. The zero-order valence-corrected chi connectivity index (χ0v) is 23.1. The molecule has 1 fully saturated rings. The number of hydrogen-bond acceptors (Lipinski definition) is 4. The quantitative estimate of drug-likeness (QED) is 0.294. The van der Waals surface area contributed by atoms with E-state index >= 15 is 0 Å². The fraction of sp³-hybridized carbons (Fsp3) is 0.333. The average molecular weight is 523 g/mol. The number of benzene rings is 3. The number of nitrogens with zero attached hydrogens (tertiary/aromatic N) is 3. The van der Waals surface area contributed by atoms with E-state index in [1.807, 2.05) is 27.1 Å². The molecule has 2 heterocycles. The second-order valence-corrected chi connectivity index (χ2v) is 11.2. The maximum absolute atomic E-state index is 12.4. The van der Waals surface area contributed by atoms with Gasteiger partial charge in [0, 0.05) is 38.3 Å². The number of ether oxygens (including phenoxy) is 1. The van der Waals surface area contributed by atoms with Crippen LogP contribution < -0.4 is 5.32 Å². The molecule has 0 unspecified atom stereocenters. The van der Waals surface area contributed by atoms with E-state index in [-0.39, 0.29) is 12.1 Å². The van der Waals surface area contributed by atoms with Gasteiger partial charge in [-0.25, -0.2) is 9.78 Å². The predicted molar refractivity (Wildman–Crippen MR) is 155 cm³/mol. The summed E-state index contributed by atoms with van der Waals surface area (Å²) in [5.41, 5.74) is 3.53. The van der Waals surface area contributed by atoms with Crippen LogP contribution in [0.25, 0.3) is 0 Å². The maximum Gasteiger partial charge on any atom is 0.410 e. The highest BCUT2D eigenvalue weighted by atomic mass is 16.6. The minimum Gasteiger partial charge on any atom is -0.444 e. The van der Waals surface area contributed by atoms with E-state index < -0.39 is 11.1 Å². The van der Waals surface area contributed by atoms with Gasteiger partial charge >= 0.3 is 6.09 Å². The zero-order chi connectivity index (χ0) is 27.3. The number of aromatic nitrogens is 2. The van der Waals surface area contributed by atoms with Crippen molar-refractivity contribution in [3.05, 3.63) is 126 Å². The molecule has 0 bridgehead atoms. The summed E-state index contributed by atoms with van der Waals surface area (Å²) >= 11 is 0. The molecule has 0 spiro atoms. The van der Waals surface area contributed by atoms with Gasteiger partial charge in [0.05, 0.1) is 12.0 Å². The third-order valence-electron chi connectivity index (χ3n) is 7.25. The van der Waals surface area contributed by atoms with Crippen molar-refractivity contribution in [2.75, 3.05) is 19.6 Å². The maximum atomic E-state index is 12.4. The lowest BCUT2D eigenvalue weighted by Crippen LogP contribution is -2.38. The second-order valence-electron chi connectivity index (χ2n) is 11.2. The first-order valence-electron chi connectivity index (χ1n) is 13.8. The van der Waals surface area contributed by atoms with Gasteiger partial charge in [0.2, 0.25) is 0 Å². The Labute approximate surface area is 231 Å². The van der Waals surface area contributed by atoms with Crippen LogP contribution in [0.15, 0.2) is 104 Å². The highest BCUT2D eigenvalue weighted by Crippen LogP contribution is 2.40. The summed E-state index contributed by atoms with van der Waals surface area (Å²) in [5.74, 6) is 0. The molecule has 0 aliphatic carbocycles. The van der Waals surface area contributed by atoms with Crippen LogP contribution in [0.1, 0.15) is 49.6 Å². The molecule has 6 heteroatoms. The Balaban J connectivity index is 1.35. The fourth-order valence-electron chi connectivity index (χ4n) is 5.48. The van der Waals surface area contributed by atoms with Crippen LogP contribution in [-0.2, 0) is 16.7 Å². The molecule has 1 aliphatic rings. The molecule has 6 nitrogen and oxygen atoms in total. The van der Waals surface area contributed by atoms with Crippen molar-refractivity contribution in [2.45, 2.75) is 50.8 Å². The lowest BCUT2D eigenvalue weighted by molar-refractivity contribution is 0.0291. The molecule has 1 aliphatic heterocycles. The van der Waals surface area contributed by atoms with Crippen molar-refractivity contribution < 1.29 is 9.53 Å². The molecular formula is C33H38N4O2. The minimum atomic E-state index is -0.554. The summed E-state index contributed by atoms with van der Waals surface area (Å²) in [6, 6.07) is 32.2. The van der Waals surface area contributed by atoms with Gasteiger partial charge in [0.1, 0.15) is 11.1 Å². The van der Waals surface area contributed by atoms with Crippen LogP contribution in [0.4, 0.5) is 4.79 Å². The summed E-state index contributed by atoms with van der Waals surface area (Å²) in [5, 5.41) is 3.62. The highest BCUT2D eigenvalue weighted by Gasteiger charge is 2.38.